The van der Waals surface area contributed by atoms with Crippen molar-refractivity contribution in [2.24, 2.45) is 4.99 Å². The minimum atomic E-state index is -0.220. The lowest BCUT2D eigenvalue weighted by molar-refractivity contribution is 0.306. The van der Waals surface area contributed by atoms with Gasteiger partial charge in [-0.05, 0) is 65.0 Å². The third-order valence-electron chi connectivity index (χ3n) is 4.59. The maximum atomic E-state index is 13.2. The quantitative estimate of drug-likeness (QED) is 0.232. The van der Waals surface area contributed by atoms with Crippen LogP contribution in [0.3, 0.4) is 0 Å². The van der Waals surface area contributed by atoms with Gasteiger partial charge in [-0.2, -0.15) is 5.10 Å². The molecule has 0 aliphatic rings. The molecule has 0 aliphatic carbocycles. The predicted octanol–water partition coefficient (Wildman–Crippen LogP) is 3.51. The highest BCUT2D eigenvalue weighted by Gasteiger charge is 2.14. The number of hydrogen-bond donors (Lipinski definition) is 2. The van der Waals surface area contributed by atoms with Crippen molar-refractivity contribution in [1.82, 2.24) is 25.3 Å². The summed E-state index contributed by atoms with van der Waals surface area (Å²) in [6.07, 6.45) is 0.960. The van der Waals surface area contributed by atoms with Crippen LogP contribution in [0.1, 0.15) is 36.3 Å². The second kappa shape index (κ2) is 12.8. The van der Waals surface area contributed by atoms with Gasteiger partial charge in [0.25, 0.3) is 0 Å². The van der Waals surface area contributed by atoms with E-state index in [1.54, 1.807) is 0 Å². The van der Waals surface area contributed by atoms with E-state index in [0.29, 0.717) is 6.54 Å². The molecule has 0 aliphatic heterocycles. The topological polar surface area (TPSA) is 57.5 Å². The van der Waals surface area contributed by atoms with Gasteiger partial charge in [-0.25, -0.2) is 4.39 Å². The zero-order valence-corrected chi connectivity index (χ0v) is 20.4. The van der Waals surface area contributed by atoms with Gasteiger partial charge in [-0.1, -0.05) is 12.1 Å². The number of rotatable bonds is 9. The van der Waals surface area contributed by atoms with Crippen LogP contribution < -0.4 is 10.6 Å². The Bertz CT molecular complexity index is 757. The van der Waals surface area contributed by atoms with Crippen molar-refractivity contribution >= 4 is 29.9 Å². The molecule has 1 unspecified atom stereocenters. The molecule has 2 N–H and O–H groups in total. The summed E-state index contributed by atoms with van der Waals surface area (Å²) in [5, 5.41) is 11.2. The molecule has 0 bridgehead atoms. The van der Waals surface area contributed by atoms with Crippen molar-refractivity contribution in [2.75, 3.05) is 33.7 Å². The molecule has 0 saturated heterocycles. The summed E-state index contributed by atoms with van der Waals surface area (Å²) in [5.41, 5.74) is 3.29. The maximum absolute atomic E-state index is 13.2. The summed E-state index contributed by atoms with van der Waals surface area (Å²) >= 11 is 0. The van der Waals surface area contributed by atoms with Crippen LogP contribution in [0.2, 0.25) is 0 Å². The van der Waals surface area contributed by atoms with Gasteiger partial charge in [0.05, 0.1) is 18.3 Å². The molecule has 1 atom stereocenters. The standard InChI is InChI=1S/C21H33FN6.HI/c1-6-23-21(24-12-7-13-28-17(3)14-16(2)26-28)25-15-20(27(4)5)18-8-10-19(22)11-9-18;/h8-11,14,20H,6-7,12-13,15H2,1-5H3,(H2,23,24,25);1H. The van der Waals surface area contributed by atoms with Crippen molar-refractivity contribution in [2.45, 2.75) is 39.8 Å². The van der Waals surface area contributed by atoms with Crippen molar-refractivity contribution in [3.63, 3.8) is 0 Å². The van der Waals surface area contributed by atoms with Gasteiger partial charge in [0.1, 0.15) is 5.82 Å². The summed E-state index contributed by atoms with van der Waals surface area (Å²) in [6, 6.07) is 8.83. The second-order valence-corrected chi connectivity index (χ2v) is 7.18. The van der Waals surface area contributed by atoms with E-state index >= 15 is 0 Å². The lowest BCUT2D eigenvalue weighted by atomic mass is 10.1. The lowest BCUT2D eigenvalue weighted by Gasteiger charge is -2.23. The largest absolute Gasteiger partial charge is 0.357 e. The zero-order valence-electron chi connectivity index (χ0n) is 18.1. The summed E-state index contributed by atoms with van der Waals surface area (Å²) in [5.74, 6) is 0.576. The molecule has 6 nitrogen and oxygen atoms in total. The van der Waals surface area contributed by atoms with E-state index in [-0.39, 0.29) is 35.8 Å². The number of nitrogens with one attached hydrogen (secondary N) is 2. The normalized spacial score (nSPS) is 12.6. The Morgan fingerprint density at radius 3 is 2.45 bits per heavy atom. The molecule has 1 aromatic carbocycles. The molecule has 0 fully saturated rings. The first kappa shape index (κ1) is 25.4. The van der Waals surface area contributed by atoms with Crippen LogP contribution in [-0.4, -0.2) is 54.4 Å². The van der Waals surface area contributed by atoms with Crippen LogP contribution in [0.4, 0.5) is 4.39 Å². The molecule has 0 amide bonds. The zero-order chi connectivity index (χ0) is 20.5. The fourth-order valence-electron chi connectivity index (χ4n) is 3.11. The number of benzene rings is 1. The minimum Gasteiger partial charge on any atom is -0.357 e. The molecule has 8 heteroatoms. The van der Waals surface area contributed by atoms with Gasteiger partial charge < -0.3 is 15.5 Å². The fraction of sp³-hybridized carbons (Fsp3) is 0.524. The van der Waals surface area contributed by atoms with Gasteiger partial charge in [-0.3, -0.25) is 9.67 Å². The van der Waals surface area contributed by atoms with Crippen molar-refractivity contribution in [3.8, 4) is 0 Å². The van der Waals surface area contributed by atoms with Crippen molar-refractivity contribution in [3.05, 3.63) is 53.1 Å². The first-order valence-corrected chi connectivity index (χ1v) is 9.85. The highest BCUT2D eigenvalue weighted by Crippen LogP contribution is 2.18. The van der Waals surface area contributed by atoms with Gasteiger partial charge in [0.2, 0.25) is 0 Å². The highest BCUT2D eigenvalue weighted by atomic mass is 127. The maximum Gasteiger partial charge on any atom is 0.191 e. The van der Waals surface area contributed by atoms with E-state index in [1.807, 2.05) is 37.8 Å². The number of hydrogen-bond acceptors (Lipinski definition) is 3. The predicted molar refractivity (Wildman–Crippen MR) is 129 cm³/mol. The number of guanidine groups is 1. The molecule has 0 spiro atoms. The van der Waals surface area contributed by atoms with E-state index in [4.69, 9.17) is 4.99 Å². The lowest BCUT2D eigenvalue weighted by Crippen LogP contribution is -2.38. The van der Waals surface area contributed by atoms with Crippen molar-refractivity contribution in [1.29, 1.82) is 0 Å². The molecule has 29 heavy (non-hydrogen) atoms. The molecule has 2 aromatic rings. The van der Waals surface area contributed by atoms with Gasteiger partial charge in [-0.15, -0.1) is 24.0 Å². The molecule has 1 heterocycles. The molecule has 162 valence electrons. The molecular weight excluding hydrogens is 482 g/mol. The average molecular weight is 516 g/mol. The third kappa shape index (κ3) is 8.30. The minimum absolute atomic E-state index is 0. The van der Waals surface area contributed by atoms with Gasteiger partial charge >= 0.3 is 0 Å². The summed E-state index contributed by atoms with van der Waals surface area (Å²) < 4.78 is 15.3. The Morgan fingerprint density at radius 1 is 1.21 bits per heavy atom. The van der Waals surface area contributed by atoms with E-state index in [9.17, 15) is 4.39 Å². The van der Waals surface area contributed by atoms with Crippen LogP contribution in [-0.2, 0) is 6.54 Å². The molecular formula is C21H34FIN6. The third-order valence-corrected chi connectivity index (χ3v) is 4.59. The first-order valence-electron chi connectivity index (χ1n) is 9.85. The van der Waals surface area contributed by atoms with Crippen LogP contribution in [0.5, 0.6) is 0 Å². The molecule has 1 aromatic heterocycles. The molecule has 2 rings (SSSR count). The van der Waals surface area contributed by atoms with Gasteiger partial charge in [0, 0.05) is 25.3 Å². The monoisotopic (exact) mass is 516 g/mol. The SMILES string of the molecule is CCNC(=NCC(c1ccc(F)cc1)N(C)C)NCCCn1nc(C)cc1C.I. The second-order valence-electron chi connectivity index (χ2n) is 7.18. The fourth-order valence-corrected chi connectivity index (χ4v) is 3.11. The van der Waals surface area contributed by atoms with E-state index in [1.165, 1.54) is 17.8 Å². The Balaban J connectivity index is 0.00000420. The van der Waals surface area contributed by atoms with E-state index < -0.39 is 0 Å². The Morgan fingerprint density at radius 2 is 1.90 bits per heavy atom. The van der Waals surface area contributed by atoms with Crippen LogP contribution in [0, 0.1) is 19.7 Å². The van der Waals surface area contributed by atoms with Crippen LogP contribution in [0.25, 0.3) is 0 Å². The van der Waals surface area contributed by atoms with Gasteiger partial charge in [0.15, 0.2) is 5.96 Å². The number of halogens is 2. The Hall–Kier alpha value is -1.68. The Labute approximate surface area is 191 Å². The molecule has 0 saturated carbocycles. The number of aliphatic imine (C=N–C) groups is 1. The van der Waals surface area contributed by atoms with Crippen LogP contribution >= 0.6 is 24.0 Å². The summed E-state index contributed by atoms with van der Waals surface area (Å²) in [4.78, 5) is 6.84. The number of likely N-dealkylation sites (N-methyl/N-ethyl adjacent to an activating group) is 1. The number of aryl methyl sites for hydroxylation is 3. The van der Waals surface area contributed by atoms with E-state index in [2.05, 4.69) is 40.5 Å². The number of nitrogens with zero attached hydrogens (tertiary/aromatic N) is 4. The summed E-state index contributed by atoms with van der Waals surface area (Å²) in [7, 11) is 4.02. The Kier molecular flexibility index (Phi) is 11.2. The number of aromatic nitrogens is 2. The molecule has 0 radical (unpaired) electrons. The average Bonchev–Trinajstić information content (AvgIpc) is 2.97. The van der Waals surface area contributed by atoms with E-state index in [0.717, 1.165) is 43.3 Å². The first-order chi connectivity index (χ1) is 13.4. The highest BCUT2D eigenvalue weighted by molar-refractivity contribution is 14.0. The van der Waals surface area contributed by atoms with Crippen molar-refractivity contribution < 1.29 is 4.39 Å². The summed E-state index contributed by atoms with van der Waals surface area (Å²) in [6.45, 7) is 9.22. The smallest absolute Gasteiger partial charge is 0.191 e. The van der Waals surface area contributed by atoms with Crippen LogP contribution in [0.15, 0.2) is 35.3 Å².